The molecule has 1 atom stereocenters. The first-order chi connectivity index (χ1) is 8.99. The van der Waals surface area contributed by atoms with Crippen molar-refractivity contribution in [3.05, 3.63) is 39.3 Å². The molecule has 0 N–H and O–H groups in total. The summed E-state index contributed by atoms with van der Waals surface area (Å²) in [5, 5.41) is 3.77. The highest BCUT2D eigenvalue weighted by Gasteiger charge is 2.16. The molecule has 0 bridgehead atoms. The molecule has 1 rings (SSSR count). The van der Waals surface area contributed by atoms with Crippen molar-refractivity contribution in [2.45, 2.75) is 38.6 Å². The minimum absolute atomic E-state index is 0.173. The first-order valence-electron chi connectivity index (χ1n) is 6.18. The normalized spacial score (nSPS) is 12.3. The standard InChI is InChI=1S/C14H18ClNO3/c1-9(2)11-8-10(4-5-12(11)15)13(16-18)6-7-14(17)19-3/h4-5,8-9,13H,6-7H2,1-3H3. The fraction of sp³-hybridized carbons (Fsp3) is 0.500. The molecular formula is C14H18ClNO3. The Balaban J connectivity index is 2.89. The summed E-state index contributed by atoms with van der Waals surface area (Å²) in [7, 11) is 1.32. The Labute approximate surface area is 118 Å². The number of hydrogen-bond acceptors (Lipinski definition) is 4. The van der Waals surface area contributed by atoms with Gasteiger partial charge in [0.05, 0.1) is 7.11 Å². The molecule has 1 unspecified atom stereocenters. The van der Waals surface area contributed by atoms with Gasteiger partial charge in [0, 0.05) is 11.4 Å². The summed E-state index contributed by atoms with van der Waals surface area (Å²) in [5.41, 5.74) is 1.76. The van der Waals surface area contributed by atoms with Crippen LogP contribution in [-0.2, 0) is 9.53 Å². The maximum Gasteiger partial charge on any atom is 0.305 e. The number of benzene rings is 1. The van der Waals surface area contributed by atoms with Crippen LogP contribution in [0.3, 0.4) is 0 Å². The Morgan fingerprint density at radius 2 is 2.11 bits per heavy atom. The van der Waals surface area contributed by atoms with Gasteiger partial charge in [-0.2, -0.15) is 4.91 Å². The highest BCUT2D eigenvalue weighted by atomic mass is 35.5. The van der Waals surface area contributed by atoms with Gasteiger partial charge in [0.1, 0.15) is 6.04 Å². The van der Waals surface area contributed by atoms with Crippen LogP contribution in [0, 0.1) is 4.91 Å². The van der Waals surface area contributed by atoms with Crippen molar-refractivity contribution in [1.82, 2.24) is 0 Å². The van der Waals surface area contributed by atoms with Gasteiger partial charge < -0.3 is 4.74 Å². The number of ether oxygens (including phenoxy) is 1. The first-order valence-corrected chi connectivity index (χ1v) is 6.56. The fourth-order valence-corrected chi connectivity index (χ4v) is 2.18. The van der Waals surface area contributed by atoms with Crippen LogP contribution in [0.25, 0.3) is 0 Å². The van der Waals surface area contributed by atoms with Crippen LogP contribution < -0.4 is 0 Å². The largest absolute Gasteiger partial charge is 0.469 e. The zero-order chi connectivity index (χ0) is 14.4. The number of carbonyl (C=O) groups excluding carboxylic acids is 1. The lowest BCUT2D eigenvalue weighted by Gasteiger charge is -2.13. The van der Waals surface area contributed by atoms with Gasteiger partial charge in [0.15, 0.2) is 0 Å². The molecule has 0 fully saturated rings. The number of esters is 1. The van der Waals surface area contributed by atoms with Crippen LogP contribution in [0.5, 0.6) is 0 Å². The van der Waals surface area contributed by atoms with Crippen molar-refractivity contribution in [2.75, 3.05) is 7.11 Å². The number of carbonyl (C=O) groups is 1. The van der Waals surface area contributed by atoms with Crippen molar-refractivity contribution >= 4 is 17.6 Å². The predicted molar refractivity (Wildman–Crippen MR) is 75.3 cm³/mol. The Hall–Kier alpha value is -1.42. The Kier molecular flexibility index (Phi) is 5.96. The molecule has 1 aromatic carbocycles. The maximum absolute atomic E-state index is 11.1. The molecule has 0 saturated carbocycles. The Bertz CT molecular complexity index is 460. The minimum atomic E-state index is -0.547. The van der Waals surface area contributed by atoms with Crippen LogP contribution in [0.4, 0.5) is 0 Å². The average Bonchev–Trinajstić information content (AvgIpc) is 2.40. The molecular weight excluding hydrogens is 266 g/mol. The number of rotatable bonds is 6. The number of nitroso groups, excluding NO2 is 1. The summed E-state index contributed by atoms with van der Waals surface area (Å²) in [6, 6.07) is 4.88. The van der Waals surface area contributed by atoms with Gasteiger partial charge in [-0.05, 0) is 29.5 Å². The van der Waals surface area contributed by atoms with E-state index in [-0.39, 0.29) is 18.3 Å². The third-order valence-corrected chi connectivity index (χ3v) is 3.35. The van der Waals surface area contributed by atoms with E-state index in [0.717, 1.165) is 11.1 Å². The highest BCUT2D eigenvalue weighted by molar-refractivity contribution is 6.31. The van der Waals surface area contributed by atoms with E-state index in [2.05, 4.69) is 9.91 Å². The second-order valence-corrected chi connectivity index (χ2v) is 5.08. The van der Waals surface area contributed by atoms with Crippen molar-refractivity contribution in [3.8, 4) is 0 Å². The van der Waals surface area contributed by atoms with Crippen LogP contribution in [0.1, 0.15) is 49.8 Å². The van der Waals surface area contributed by atoms with Gasteiger partial charge in [-0.1, -0.05) is 42.8 Å². The zero-order valence-corrected chi connectivity index (χ0v) is 12.1. The number of methoxy groups -OCH3 is 1. The van der Waals surface area contributed by atoms with E-state index < -0.39 is 6.04 Å². The molecule has 104 valence electrons. The smallest absolute Gasteiger partial charge is 0.305 e. The molecule has 0 aliphatic carbocycles. The maximum atomic E-state index is 11.1. The third kappa shape index (κ3) is 4.31. The Morgan fingerprint density at radius 3 is 2.63 bits per heavy atom. The van der Waals surface area contributed by atoms with Crippen LogP contribution in [-0.4, -0.2) is 13.1 Å². The molecule has 19 heavy (non-hydrogen) atoms. The van der Waals surface area contributed by atoms with Crippen LogP contribution >= 0.6 is 11.6 Å². The van der Waals surface area contributed by atoms with Gasteiger partial charge in [-0.15, -0.1) is 0 Å². The number of nitrogens with zero attached hydrogens (tertiary/aromatic N) is 1. The molecule has 0 spiro atoms. The molecule has 0 saturated heterocycles. The molecule has 0 aromatic heterocycles. The lowest BCUT2D eigenvalue weighted by Crippen LogP contribution is -2.04. The first kappa shape index (κ1) is 15.6. The lowest BCUT2D eigenvalue weighted by molar-refractivity contribution is -0.140. The van der Waals surface area contributed by atoms with Gasteiger partial charge in [0.25, 0.3) is 0 Å². The molecule has 0 aliphatic rings. The fourth-order valence-electron chi connectivity index (χ4n) is 1.85. The molecule has 1 aromatic rings. The topological polar surface area (TPSA) is 55.7 Å². The van der Waals surface area contributed by atoms with E-state index in [9.17, 15) is 9.70 Å². The molecule has 0 aliphatic heterocycles. The van der Waals surface area contributed by atoms with Gasteiger partial charge in [-0.25, -0.2) is 0 Å². The van der Waals surface area contributed by atoms with Crippen molar-refractivity contribution in [3.63, 3.8) is 0 Å². The van der Waals surface area contributed by atoms with Crippen molar-refractivity contribution in [2.24, 2.45) is 5.18 Å². The van der Waals surface area contributed by atoms with E-state index in [1.165, 1.54) is 7.11 Å². The minimum Gasteiger partial charge on any atom is -0.469 e. The van der Waals surface area contributed by atoms with Gasteiger partial charge >= 0.3 is 5.97 Å². The van der Waals surface area contributed by atoms with Gasteiger partial charge in [0.2, 0.25) is 0 Å². The van der Waals surface area contributed by atoms with E-state index in [0.29, 0.717) is 11.4 Å². The molecule has 4 nitrogen and oxygen atoms in total. The molecule has 0 radical (unpaired) electrons. The zero-order valence-electron chi connectivity index (χ0n) is 11.4. The van der Waals surface area contributed by atoms with E-state index in [1.807, 2.05) is 19.9 Å². The summed E-state index contributed by atoms with van der Waals surface area (Å²) in [4.78, 5) is 22.0. The van der Waals surface area contributed by atoms with Crippen molar-refractivity contribution < 1.29 is 9.53 Å². The van der Waals surface area contributed by atoms with Crippen LogP contribution in [0.15, 0.2) is 23.4 Å². The quantitative estimate of drug-likeness (QED) is 0.580. The van der Waals surface area contributed by atoms with Gasteiger partial charge in [-0.3, -0.25) is 4.79 Å². The molecule has 0 heterocycles. The Morgan fingerprint density at radius 1 is 1.42 bits per heavy atom. The van der Waals surface area contributed by atoms with Crippen LogP contribution in [0.2, 0.25) is 5.02 Å². The molecule has 0 amide bonds. The summed E-state index contributed by atoms with van der Waals surface area (Å²) in [5.74, 6) is -0.0768. The predicted octanol–water partition coefficient (Wildman–Crippen LogP) is 4.22. The summed E-state index contributed by atoms with van der Waals surface area (Å²) in [6.45, 7) is 4.06. The SMILES string of the molecule is COC(=O)CCC(N=O)c1ccc(Cl)c(C(C)C)c1. The second kappa shape index (κ2) is 7.24. The lowest BCUT2D eigenvalue weighted by atomic mass is 9.96. The van der Waals surface area contributed by atoms with E-state index in [4.69, 9.17) is 11.6 Å². The second-order valence-electron chi connectivity index (χ2n) is 4.67. The number of hydrogen-bond donors (Lipinski definition) is 0. The third-order valence-electron chi connectivity index (χ3n) is 3.00. The monoisotopic (exact) mass is 283 g/mol. The van der Waals surface area contributed by atoms with E-state index in [1.54, 1.807) is 12.1 Å². The van der Waals surface area contributed by atoms with Crippen molar-refractivity contribution in [1.29, 1.82) is 0 Å². The molecule has 5 heteroatoms. The average molecular weight is 284 g/mol. The summed E-state index contributed by atoms with van der Waals surface area (Å²) < 4.78 is 4.56. The summed E-state index contributed by atoms with van der Waals surface area (Å²) >= 11 is 6.11. The number of halogens is 1. The van der Waals surface area contributed by atoms with E-state index >= 15 is 0 Å². The summed E-state index contributed by atoms with van der Waals surface area (Å²) in [6.07, 6.45) is 0.516. The highest BCUT2D eigenvalue weighted by Crippen LogP contribution is 2.30.